The molecule has 242 valence electrons. The standard InChI is InChI=1S/C44H34N4O2/c1-49-37-27-23-35(24-28-37)43-45-39(31-15-7-3-8-16-31)41(33-19-11-5-12-20-33)47(43)48-42(34-21-13-6-14-22-34)40(32-17-9-4-10-18-32)46-44(48)36-25-29-38(50-2)30-26-36/h3-30H,1-2H3. The molecule has 2 heterocycles. The van der Waals surface area contributed by atoms with Gasteiger partial charge >= 0.3 is 0 Å². The molecule has 0 aliphatic rings. The Labute approximate surface area is 291 Å². The summed E-state index contributed by atoms with van der Waals surface area (Å²) >= 11 is 0. The molecule has 0 saturated carbocycles. The Morgan fingerprint density at radius 3 is 0.940 bits per heavy atom. The molecule has 2 aromatic heterocycles. The van der Waals surface area contributed by atoms with Gasteiger partial charge in [-0.2, -0.15) is 0 Å². The van der Waals surface area contributed by atoms with Crippen LogP contribution in [0, 0.1) is 0 Å². The van der Waals surface area contributed by atoms with E-state index in [1.165, 1.54) is 0 Å². The number of hydrogen-bond donors (Lipinski definition) is 0. The third kappa shape index (κ3) is 5.63. The molecule has 0 aliphatic heterocycles. The lowest BCUT2D eigenvalue weighted by atomic mass is 10.0. The van der Waals surface area contributed by atoms with Crippen molar-refractivity contribution in [3.8, 4) is 79.3 Å². The van der Waals surface area contributed by atoms with Crippen LogP contribution in [0.4, 0.5) is 0 Å². The quantitative estimate of drug-likeness (QED) is 0.156. The summed E-state index contributed by atoms with van der Waals surface area (Å²) in [6.45, 7) is 0. The van der Waals surface area contributed by atoms with Crippen molar-refractivity contribution in [2.45, 2.75) is 0 Å². The first-order valence-electron chi connectivity index (χ1n) is 16.5. The van der Waals surface area contributed by atoms with Crippen molar-refractivity contribution in [2.24, 2.45) is 0 Å². The molecule has 6 nitrogen and oxygen atoms in total. The van der Waals surface area contributed by atoms with E-state index in [1.807, 2.05) is 48.5 Å². The molecule has 8 aromatic rings. The van der Waals surface area contributed by atoms with Crippen molar-refractivity contribution in [3.63, 3.8) is 0 Å². The lowest BCUT2D eigenvalue weighted by Crippen LogP contribution is -2.16. The van der Waals surface area contributed by atoms with Gasteiger partial charge in [-0.15, -0.1) is 0 Å². The van der Waals surface area contributed by atoms with E-state index in [9.17, 15) is 0 Å². The van der Waals surface area contributed by atoms with Gasteiger partial charge in [0.25, 0.3) is 0 Å². The summed E-state index contributed by atoms with van der Waals surface area (Å²) in [4.78, 5) is 11.0. The van der Waals surface area contributed by atoms with Gasteiger partial charge in [0.05, 0.1) is 37.0 Å². The van der Waals surface area contributed by atoms with Gasteiger partial charge in [-0.1, -0.05) is 121 Å². The van der Waals surface area contributed by atoms with Crippen LogP contribution in [-0.2, 0) is 0 Å². The van der Waals surface area contributed by atoms with Gasteiger partial charge in [-0.05, 0) is 48.5 Å². The second-order valence-electron chi connectivity index (χ2n) is 11.8. The van der Waals surface area contributed by atoms with Crippen LogP contribution in [0.2, 0.25) is 0 Å². The molecule has 0 spiro atoms. The number of hydrogen-bond acceptors (Lipinski definition) is 4. The Kier molecular flexibility index (Phi) is 8.25. The van der Waals surface area contributed by atoms with Crippen LogP contribution in [-0.4, -0.2) is 33.5 Å². The number of methoxy groups -OCH3 is 2. The molecule has 0 radical (unpaired) electrons. The van der Waals surface area contributed by atoms with Crippen LogP contribution in [0.25, 0.3) is 67.8 Å². The fourth-order valence-corrected chi connectivity index (χ4v) is 6.37. The van der Waals surface area contributed by atoms with Gasteiger partial charge in [0, 0.05) is 33.4 Å². The fourth-order valence-electron chi connectivity index (χ4n) is 6.37. The van der Waals surface area contributed by atoms with Gasteiger partial charge in [0.1, 0.15) is 11.5 Å². The predicted octanol–water partition coefficient (Wildman–Crippen LogP) is 10.4. The van der Waals surface area contributed by atoms with Crippen molar-refractivity contribution in [3.05, 3.63) is 170 Å². The van der Waals surface area contributed by atoms with E-state index in [0.717, 1.165) is 79.3 Å². The van der Waals surface area contributed by atoms with Gasteiger partial charge in [0.15, 0.2) is 11.6 Å². The first-order valence-corrected chi connectivity index (χ1v) is 16.5. The van der Waals surface area contributed by atoms with E-state index in [1.54, 1.807) is 14.2 Å². The third-order valence-electron chi connectivity index (χ3n) is 8.79. The lowest BCUT2D eigenvalue weighted by molar-refractivity contribution is 0.414. The molecule has 0 saturated heterocycles. The van der Waals surface area contributed by atoms with Gasteiger partial charge in [-0.25, -0.2) is 19.3 Å². The summed E-state index contributed by atoms with van der Waals surface area (Å²) in [5.41, 5.74) is 9.51. The van der Waals surface area contributed by atoms with Crippen LogP contribution in [0.5, 0.6) is 11.5 Å². The number of imidazole rings is 2. The molecule has 0 fully saturated rings. The number of benzene rings is 6. The minimum absolute atomic E-state index is 0.759. The predicted molar refractivity (Wildman–Crippen MR) is 201 cm³/mol. The highest BCUT2D eigenvalue weighted by Crippen LogP contribution is 2.42. The molecule has 6 aromatic carbocycles. The Morgan fingerprint density at radius 2 is 0.640 bits per heavy atom. The van der Waals surface area contributed by atoms with Crippen molar-refractivity contribution in [1.82, 2.24) is 19.3 Å². The van der Waals surface area contributed by atoms with Gasteiger partial charge in [0.2, 0.25) is 0 Å². The summed E-state index contributed by atoms with van der Waals surface area (Å²) in [5.74, 6) is 3.07. The number of rotatable bonds is 9. The van der Waals surface area contributed by atoms with E-state index >= 15 is 0 Å². The topological polar surface area (TPSA) is 54.1 Å². The van der Waals surface area contributed by atoms with Crippen molar-refractivity contribution in [2.75, 3.05) is 14.2 Å². The highest BCUT2D eigenvalue weighted by atomic mass is 16.5. The molecule has 8 rings (SSSR count). The summed E-state index contributed by atoms with van der Waals surface area (Å²) in [5, 5.41) is 0. The SMILES string of the molecule is COc1ccc(-c2nc(-c3ccccc3)c(-c3ccccc3)n2-n2c(-c3ccc(OC)cc3)nc(-c3ccccc3)c2-c2ccccc2)cc1. The second-order valence-corrected chi connectivity index (χ2v) is 11.8. The summed E-state index contributed by atoms with van der Waals surface area (Å²) in [7, 11) is 3.36. The van der Waals surface area contributed by atoms with E-state index < -0.39 is 0 Å². The smallest absolute Gasteiger partial charge is 0.160 e. The second kappa shape index (κ2) is 13.5. The van der Waals surface area contributed by atoms with Crippen molar-refractivity contribution in [1.29, 1.82) is 0 Å². The van der Waals surface area contributed by atoms with E-state index in [-0.39, 0.29) is 0 Å². The minimum atomic E-state index is 0.759. The van der Waals surface area contributed by atoms with Gasteiger partial charge in [-0.3, -0.25) is 0 Å². The van der Waals surface area contributed by atoms with E-state index in [2.05, 4.69) is 131 Å². The van der Waals surface area contributed by atoms with Crippen LogP contribution in [0.1, 0.15) is 0 Å². The molecule has 0 bridgehead atoms. The average molecular weight is 651 g/mol. The summed E-state index contributed by atoms with van der Waals surface area (Å²) in [6, 6.07) is 57.8. The van der Waals surface area contributed by atoms with E-state index in [4.69, 9.17) is 19.4 Å². The zero-order valence-electron chi connectivity index (χ0n) is 27.8. The first-order chi connectivity index (χ1) is 24.7. The normalized spacial score (nSPS) is 11.0. The lowest BCUT2D eigenvalue weighted by Gasteiger charge is -2.20. The summed E-state index contributed by atoms with van der Waals surface area (Å²) < 4.78 is 15.6. The maximum Gasteiger partial charge on any atom is 0.160 e. The molecule has 0 unspecified atom stereocenters. The first kappa shape index (κ1) is 30.7. The molecular formula is C44H34N4O2. The zero-order chi connectivity index (χ0) is 33.9. The zero-order valence-corrected chi connectivity index (χ0v) is 27.8. The van der Waals surface area contributed by atoms with Crippen molar-refractivity contribution >= 4 is 0 Å². The Hall–Kier alpha value is -6.66. The van der Waals surface area contributed by atoms with Crippen LogP contribution in [0.15, 0.2) is 170 Å². The Bertz CT molecular complexity index is 2180. The Balaban J connectivity index is 1.57. The summed E-state index contributed by atoms with van der Waals surface area (Å²) in [6.07, 6.45) is 0. The molecule has 0 aliphatic carbocycles. The maximum absolute atomic E-state index is 5.56. The molecule has 50 heavy (non-hydrogen) atoms. The third-order valence-corrected chi connectivity index (χ3v) is 8.79. The fraction of sp³-hybridized carbons (Fsp3) is 0.0455. The van der Waals surface area contributed by atoms with E-state index in [0.29, 0.717) is 0 Å². The molecule has 0 atom stereocenters. The monoisotopic (exact) mass is 650 g/mol. The number of nitrogens with zero attached hydrogens (tertiary/aromatic N) is 4. The molecule has 6 heteroatoms. The molecule has 0 amide bonds. The minimum Gasteiger partial charge on any atom is -0.497 e. The van der Waals surface area contributed by atoms with Gasteiger partial charge < -0.3 is 9.47 Å². The number of ether oxygens (including phenoxy) is 2. The highest BCUT2D eigenvalue weighted by molar-refractivity contribution is 5.86. The maximum atomic E-state index is 5.56. The number of aromatic nitrogens is 4. The van der Waals surface area contributed by atoms with Crippen molar-refractivity contribution < 1.29 is 9.47 Å². The Morgan fingerprint density at radius 1 is 0.340 bits per heavy atom. The molecular weight excluding hydrogens is 617 g/mol. The van der Waals surface area contributed by atoms with Crippen LogP contribution in [0.3, 0.4) is 0 Å². The molecule has 0 N–H and O–H groups in total. The van der Waals surface area contributed by atoms with Crippen LogP contribution < -0.4 is 9.47 Å². The highest BCUT2D eigenvalue weighted by Gasteiger charge is 2.29. The largest absolute Gasteiger partial charge is 0.497 e. The average Bonchev–Trinajstić information content (AvgIpc) is 3.79. The van der Waals surface area contributed by atoms with Crippen LogP contribution >= 0.6 is 0 Å².